The van der Waals surface area contributed by atoms with Crippen molar-refractivity contribution in [1.29, 1.82) is 0 Å². The molecule has 152 valence electrons. The maximum Gasteiger partial charge on any atom is 0.127 e. The summed E-state index contributed by atoms with van der Waals surface area (Å²) < 4.78 is 25.4. The van der Waals surface area contributed by atoms with Crippen LogP contribution in [0.1, 0.15) is 22.3 Å². The average Bonchev–Trinajstić information content (AvgIpc) is 2.74. The molecule has 3 aromatic rings. The topological polar surface area (TPSA) is 18.5 Å². The molecule has 29 heavy (non-hydrogen) atoms. The SMILES string of the molecule is COCc1cc(-c2ccc(CP)c(F)c2)cc(COC)c1-c1ccc(CP)cc1. The van der Waals surface area contributed by atoms with Gasteiger partial charge in [0, 0.05) is 14.2 Å². The normalized spacial score (nSPS) is 11.1. The van der Waals surface area contributed by atoms with Gasteiger partial charge in [-0.05, 0) is 75.0 Å². The smallest absolute Gasteiger partial charge is 0.127 e. The zero-order valence-electron chi connectivity index (χ0n) is 16.9. The summed E-state index contributed by atoms with van der Waals surface area (Å²) in [6.45, 7) is 0.939. The molecule has 0 N–H and O–H groups in total. The summed E-state index contributed by atoms with van der Waals surface area (Å²) in [5.41, 5.74) is 8.14. The van der Waals surface area contributed by atoms with Gasteiger partial charge in [-0.2, -0.15) is 0 Å². The molecule has 0 fully saturated rings. The van der Waals surface area contributed by atoms with Crippen molar-refractivity contribution in [3.8, 4) is 22.3 Å². The van der Waals surface area contributed by atoms with Gasteiger partial charge in [-0.15, -0.1) is 18.5 Å². The Hall–Kier alpha value is -1.63. The molecule has 0 saturated heterocycles. The van der Waals surface area contributed by atoms with Crippen LogP contribution >= 0.6 is 18.5 Å². The van der Waals surface area contributed by atoms with Gasteiger partial charge in [-0.3, -0.25) is 0 Å². The first-order chi connectivity index (χ1) is 14.1. The van der Waals surface area contributed by atoms with Crippen LogP contribution in [0, 0.1) is 5.82 Å². The fraction of sp³-hybridized carbons (Fsp3) is 0.250. The van der Waals surface area contributed by atoms with Gasteiger partial charge in [-0.1, -0.05) is 36.4 Å². The van der Waals surface area contributed by atoms with Crippen LogP contribution in [0.15, 0.2) is 54.6 Å². The van der Waals surface area contributed by atoms with E-state index in [1.807, 2.05) is 12.1 Å². The fourth-order valence-corrected chi connectivity index (χ4v) is 4.15. The van der Waals surface area contributed by atoms with Crippen molar-refractivity contribution in [2.45, 2.75) is 25.5 Å². The van der Waals surface area contributed by atoms with Gasteiger partial charge in [-0.25, -0.2) is 4.39 Å². The number of methoxy groups -OCH3 is 2. The molecule has 3 aromatic carbocycles. The van der Waals surface area contributed by atoms with Crippen LogP contribution in [0.5, 0.6) is 0 Å². The molecule has 0 heterocycles. The minimum absolute atomic E-state index is 0.184. The second kappa shape index (κ2) is 10.4. The minimum Gasteiger partial charge on any atom is -0.380 e. The van der Waals surface area contributed by atoms with E-state index in [1.165, 1.54) is 5.56 Å². The first kappa shape index (κ1) is 22.1. The van der Waals surface area contributed by atoms with Crippen molar-refractivity contribution < 1.29 is 13.9 Å². The first-order valence-corrected chi connectivity index (χ1v) is 11.2. The van der Waals surface area contributed by atoms with E-state index in [0.29, 0.717) is 24.9 Å². The Morgan fingerprint density at radius 3 is 1.76 bits per heavy atom. The summed E-state index contributed by atoms with van der Waals surface area (Å²) in [6, 6.07) is 18.2. The molecule has 0 aliphatic heterocycles. The second-order valence-electron chi connectivity index (χ2n) is 6.95. The molecule has 0 aliphatic carbocycles. The fourth-order valence-electron chi connectivity index (χ4n) is 3.54. The van der Waals surface area contributed by atoms with E-state index in [2.05, 4.69) is 54.9 Å². The van der Waals surface area contributed by atoms with E-state index in [-0.39, 0.29) is 5.82 Å². The van der Waals surface area contributed by atoms with Crippen LogP contribution in [0.25, 0.3) is 22.3 Å². The van der Waals surface area contributed by atoms with E-state index in [0.717, 1.165) is 39.5 Å². The Morgan fingerprint density at radius 2 is 1.28 bits per heavy atom. The van der Waals surface area contributed by atoms with Crippen LogP contribution in [-0.4, -0.2) is 14.2 Å². The molecule has 3 rings (SSSR count). The van der Waals surface area contributed by atoms with Gasteiger partial charge in [0.25, 0.3) is 0 Å². The summed E-state index contributed by atoms with van der Waals surface area (Å²) in [5, 5.41) is 0. The van der Waals surface area contributed by atoms with Crippen molar-refractivity contribution in [3.63, 3.8) is 0 Å². The van der Waals surface area contributed by atoms with E-state index < -0.39 is 0 Å². The van der Waals surface area contributed by atoms with E-state index in [1.54, 1.807) is 20.3 Å². The van der Waals surface area contributed by atoms with Crippen LogP contribution < -0.4 is 0 Å². The third kappa shape index (κ3) is 5.11. The predicted molar refractivity (Wildman–Crippen MR) is 126 cm³/mol. The highest BCUT2D eigenvalue weighted by Crippen LogP contribution is 2.35. The van der Waals surface area contributed by atoms with Crippen LogP contribution in [0.4, 0.5) is 4.39 Å². The van der Waals surface area contributed by atoms with Gasteiger partial charge in [0.1, 0.15) is 5.82 Å². The number of ether oxygens (including phenoxy) is 2. The Morgan fingerprint density at radius 1 is 0.690 bits per heavy atom. The third-order valence-corrected chi connectivity index (χ3v) is 5.90. The molecule has 0 spiro atoms. The lowest BCUT2D eigenvalue weighted by Crippen LogP contribution is -2.01. The summed E-state index contributed by atoms with van der Waals surface area (Å²) >= 11 is 0. The lowest BCUT2D eigenvalue weighted by atomic mass is 9.90. The number of benzene rings is 3. The predicted octanol–water partition coefficient (Wildman–Crippen LogP) is 6.20. The monoisotopic (exact) mass is 428 g/mol. The molecule has 0 aromatic heterocycles. The number of halogens is 1. The lowest BCUT2D eigenvalue weighted by molar-refractivity contribution is 0.181. The zero-order valence-corrected chi connectivity index (χ0v) is 19.2. The largest absolute Gasteiger partial charge is 0.380 e. The van der Waals surface area contributed by atoms with Gasteiger partial charge in [0.2, 0.25) is 0 Å². The molecule has 0 amide bonds. The first-order valence-electron chi connectivity index (χ1n) is 9.53. The van der Waals surface area contributed by atoms with Crippen LogP contribution in [-0.2, 0) is 35.0 Å². The maximum atomic E-state index is 14.4. The summed E-state index contributed by atoms with van der Waals surface area (Å²) in [4.78, 5) is 0. The maximum absolute atomic E-state index is 14.4. The van der Waals surface area contributed by atoms with E-state index >= 15 is 0 Å². The van der Waals surface area contributed by atoms with E-state index in [4.69, 9.17) is 9.47 Å². The Labute approximate surface area is 177 Å². The van der Waals surface area contributed by atoms with Crippen molar-refractivity contribution in [2.24, 2.45) is 0 Å². The van der Waals surface area contributed by atoms with Gasteiger partial charge in [0.15, 0.2) is 0 Å². The van der Waals surface area contributed by atoms with Crippen molar-refractivity contribution in [3.05, 3.63) is 82.7 Å². The molecule has 0 radical (unpaired) electrons. The van der Waals surface area contributed by atoms with Gasteiger partial charge < -0.3 is 9.47 Å². The molecule has 0 saturated carbocycles. The molecule has 2 atom stereocenters. The Balaban J connectivity index is 2.16. The quantitative estimate of drug-likeness (QED) is 0.398. The summed E-state index contributed by atoms with van der Waals surface area (Å²) in [6.07, 6.45) is 1.52. The van der Waals surface area contributed by atoms with Crippen LogP contribution in [0.2, 0.25) is 0 Å². The Kier molecular flexibility index (Phi) is 7.92. The molecule has 0 aliphatic rings. The van der Waals surface area contributed by atoms with Crippen molar-refractivity contribution in [2.75, 3.05) is 14.2 Å². The molecular formula is C24H27FO2P2. The number of hydrogen-bond donors (Lipinski definition) is 0. The highest BCUT2D eigenvalue weighted by Gasteiger charge is 2.15. The van der Waals surface area contributed by atoms with Crippen LogP contribution in [0.3, 0.4) is 0 Å². The summed E-state index contributed by atoms with van der Waals surface area (Å²) in [7, 11) is 8.70. The van der Waals surface area contributed by atoms with E-state index in [9.17, 15) is 4.39 Å². The van der Waals surface area contributed by atoms with Crippen molar-refractivity contribution >= 4 is 18.5 Å². The third-order valence-electron chi connectivity index (χ3n) is 4.99. The molecule has 0 bridgehead atoms. The number of rotatable bonds is 8. The average molecular weight is 428 g/mol. The number of hydrogen-bond acceptors (Lipinski definition) is 2. The van der Waals surface area contributed by atoms with Crippen molar-refractivity contribution in [1.82, 2.24) is 0 Å². The molecule has 2 unspecified atom stereocenters. The summed E-state index contributed by atoms with van der Waals surface area (Å²) in [5.74, 6) is -0.184. The molecule has 2 nitrogen and oxygen atoms in total. The van der Waals surface area contributed by atoms with Gasteiger partial charge >= 0.3 is 0 Å². The minimum atomic E-state index is -0.184. The zero-order chi connectivity index (χ0) is 20.8. The standard InChI is InChI=1S/C24H27FO2P2/c1-26-12-21-9-20(18-7-8-19(15-29)23(25)11-18)10-22(13-27-2)24(21)17-5-3-16(14-28)4-6-17/h3-11H,12-15,28-29H2,1-2H3. The highest BCUT2D eigenvalue weighted by atomic mass is 31.0. The lowest BCUT2D eigenvalue weighted by Gasteiger charge is -2.18. The Bertz CT molecular complexity index is 944. The molecule has 5 heteroatoms. The highest BCUT2D eigenvalue weighted by molar-refractivity contribution is 7.15. The molecular weight excluding hydrogens is 401 g/mol. The van der Waals surface area contributed by atoms with Gasteiger partial charge in [0.05, 0.1) is 13.2 Å². The second-order valence-corrected chi connectivity index (χ2v) is 7.76.